The van der Waals surface area contributed by atoms with Gasteiger partial charge in [-0.1, -0.05) is 54.6 Å². The molecule has 0 atom stereocenters. The first-order chi connectivity index (χ1) is 14.3. The lowest BCUT2D eigenvalue weighted by Crippen LogP contribution is -2.36. The topological polar surface area (TPSA) is 49.3 Å². The van der Waals surface area contributed by atoms with Crippen molar-refractivity contribution in [3.05, 3.63) is 77.5 Å². The highest BCUT2D eigenvalue weighted by Crippen LogP contribution is 2.25. The van der Waals surface area contributed by atoms with Crippen LogP contribution in [0.2, 0.25) is 0 Å². The van der Waals surface area contributed by atoms with Crippen LogP contribution in [0.1, 0.15) is 34.5 Å². The summed E-state index contributed by atoms with van der Waals surface area (Å²) in [6.45, 7) is 3.32. The van der Waals surface area contributed by atoms with Gasteiger partial charge in [-0.2, -0.15) is 0 Å². The standard InChI is InChI=1S/C24H24N4O/c29-24(28-15-12-18-8-4-5-11-20(18)17-28)21-16-22(27-13-6-7-14-27)26-23(25-21)19-9-2-1-3-10-19/h1-5,8-11,16H,6-7,12-15,17H2. The predicted octanol–water partition coefficient (Wildman–Crippen LogP) is 3.94. The van der Waals surface area contributed by atoms with Crippen LogP contribution in [-0.4, -0.2) is 40.4 Å². The molecule has 5 nitrogen and oxygen atoms in total. The van der Waals surface area contributed by atoms with E-state index < -0.39 is 0 Å². The Morgan fingerprint density at radius 3 is 2.34 bits per heavy atom. The summed E-state index contributed by atoms with van der Waals surface area (Å²) in [5.41, 5.74) is 3.98. The largest absolute Gasteiger partial charge is 0.356 e. The summed E-state index contributed by atoms with van der Waals surface area (Å²) in [7, 11) is 0. The first-order valence-corrected chi connectivity index (χ1v) is 10.3. The van der Waals surface area contributed by atoms with Crippen molar-refractivity contribution >= 4 is 11.7 Å². The molecule has 3 heterocycles. The zero-order valence-corrected chi connectivity index (χ0v) is 16.4. The van der Waals surface area contributed by atoms with Crippen LogP contribution in [0.25, 0.3) is 11.4 Å². The van der Waals surface area contributed by atoms with E-state index in [1.54, 1.807) is 0 Å². The number of aromatic nitrogens is 2. The second-order valence-corrected chi connectivity index (χ2v) is 7.74. The maximum atomic E-state index is 13.4. The number of carbonyl (C=O) groups excluding carboxylic acids is 1. The predicted molar refractivity (Wildman–Crippen MR) is 114 cm³/mol. The van der Waals surface area contributed by atoms with Gasteiger partial charge in [0.25, 0.3) is 5.91 Å². The second-order valence-electron chi connectivity index (χ2n) is 7.74. The van der Waals surface area contributed by atoms with Crippen LogP contribution in [0.5, 0.6) is 0 Å². The molecule has 146 valence electrons. The van der Waals surface area contributed by atoms with Crippen LogP contribution in [0.15, 0.2) is 60.7 Å². The Hall–Kier alpha value is -3.21. The zero-order chi connectivity index (χ0) is 19.6. The Bertz CT molecular complexity index is 1030. The van der Waals surface area contributed by atoms with Crippen LogP contribution >= 0.6 is 0 Å². The van der Waals surface area contributed by atoms with Crippen molar-refractivity contribution in [3.8, 4) is 11.4 Å². The van der Waals surface area contributed by atoms with Crippen LogP contribution in [0.4, 0.5) is 5.82 Å². The molecule has 0 saturated carbocycles. The lowest BCUT2D eigenvalue weighted by atomic mass is 10.00. The molecule has 2 aliphatic heterocycles. The van der Waals surface area contributed by atoms with E-state index in [4.69, 9.17) is 4.98 Å². The van der Waals surface area contributed by atoms with E-state index in [0.29, 0.717) is 18.1 Å². The minimum Gasteiger partial charge on any atom is -0.356 e. The summed E-state index contributed by atoms with van der Waals surface area (Å²) in [4.78, 5) is 27.0. The van der Waals surface area contributed by atoms with Gasteiger partial charge in [0.2, 0.25) is 0 Å². The summed E-state index contributed by atoms with van der Waals surface area (Å²) in [5.74, 6) is 1.47. The first-order valence-electron chi connectivity index (χ1n) is 10.3. The molecule has 0 spiro atoms. The second kappa shape index (κ2) is 7.66. The fraction of sp³-hybridized carbons (Fsp3) is 0.292. The first kappa shape index (κ1) is 17.9. The summed E-state index contributed by atoms with van der Waals surface area (Å²) in [6.07, 6.45) is 3.21. The maximum Gasteiger partial charge on any atom is 0.272 e. The SMILES string of the molecule is O=C(c1cc(N2CCCC2)nc(-c2ccccc2)n1)N1CCc2ccccc2C1. The quantitative estimate of drug-likeness (QED) is 0.686. The molecule has 0 aliphatic carbocycles. The number of fused-ring (bicyclic) bond motifs is 1. The number of rotatable bonds is 3. The maximum absolute atomic E-state index is 13.4. The number of benzene rings is 2. The summed E-state index contributed by atoms with van der Waals surface area (Å²) >= 11 is 0. The van der Waals surface area contributed by atoms with E-state index in [2.05, 4.69) is 28.1 Å². The molecule has 0 bridgehead atoms. The van der Waals surface area contributed by atoms with E-state index in [-0.39, 0.29) is 5.91 Å². The van der Waals surface area contributed by atoms with E-state index in [1.165, 1.54) is 11.1 Å². The van der Waals surface area contributed by atoms with Crippen molar-refractivity contribution in [1.82, 2.24) is 14.9 Å². The minimum atomic E-state index is -0.0143. The van der Waals surface area contributed by atoms with Gasteiger partial charge in [-0.3, -0.25) is 4.79 Å². The van der Waals surface area contributed by atoms with Gasteiger partial charge in [0.15, 0.2) is 5.82 Å². The van der Waals surface area contributed by atoms with E-state index >= 15 is 0 Å². The van der Waals surface area contributed by atoms with Crippen LogP contribution < -0.4 is 4.90 Å². The lowest BCUT2D eigenvalue weighted by molar-refractivity contribution is 0.0728. The van der Waals surface area contributed by atoms with Crippen molar-refractivity contribution in [2.75, 3.05) is 24.5 Å². The van der Waals surface area contributed by atoms with Gasteiger partial charge in [0.1, 0.15) is 11.5 Å². The molecule has 5 rings (SSSR count). The van der Waals surface area contributed by atoms with Crippen molar-refractivity contribution in [3.63, 3.8) is 0 Å². The van der Waals surface area contributed by atoms with Gasteiger partial charge in [-0.15, -0.1) is 0 Å². The molecule has 0 unspecified atom stereocenters. The van der Waals surface area contributed by atoms with Crippen LogP contribution in [0.3, 0.4) is 0 Å². The molecule has 1 amide bonds. The van der Waals surface area contributed by atoms with Gasteiger partial charge in [-0.05, 0) is 30.4 Å². The highest BCUT2D eigenvalue weighted by molar-refractivity contribution is 5.93. The van der Waals surface area contributed by atoms with E-state index in [0.717, 1.165) is 50.3 Å². The molecule has 29 heavy (non-hydrogen) atoms. The highest BCUT2D eigenvalue weighted by Gasteiger charge is 2.25. The minimum absolute atomic E-state index is 0.0143. The fourth-order valence-electron chi connectivity index (χ4n) is 4.20. The molecule has 1 aromatic heterocycles. The highest BCUT2D eigenvalue weighted by atomic mass is 16.2. The Balaban J connectivity index is 1.50. The fourth-order valence-corrected chi connectivity index (χ4v) is 4.20. The molecule has 5 heteroatoms. The smallest absolute Gasteiger partial charge is 0.272 e. The molecule has 0 N–H and O–H groups in total. The van der Waals surface area contributed by atoms with Crippen molar-refractivity contribution in [1.29, 1.82) is 0 Å². The number of hydrogen-bond donors (Lipinski definition) is 0. The third kappa shape index (κ3) is 3.60. The number of hydrogen-bond acceptors (Lipinski definition) is 4. The average Bonchev–Trinajstić information content (AvgIpc) is 3.34. The Morgan fingerprint density at radius 1 is 0.828 bits per heavy atom. The third-order valence-corrected chi connectivity index (χ3v) is 5.81. The molecule has 1 saturated heterocycles. The van der Waals surface area contributed by atoms with E-state index in [9.17, 15) is 4.79 Å². The van der Waals surface area contributed by atoms with E-state index in [1.807, 2.05) is 47.4 Å². The molecule has 0 radical (unpaired) electrons. The van der Waals surface area contributed by atoms with Crippen molar-refractivity contribution in [2.45, 2.75) is 25.8 Å². The Labute approximate surface area is 171 Å². The van der Waals surface area contributed by atoms with Gasteiger partial charge < -0.3 is 9.80 Å². The Morgan fingerprint density at radius 2 is 1.55 bits per heavy atom. The molecule has 1 fully saturated rings. The van der Waals surface area contributed by atoms with Gasteiger partial charge in [-0.25, -0.2) is 9.97 Å². The summed E-state index contributed by atoms with van der Waals surface area (Å²) in [6, 6.07) is 20.2. The molecular formula is C24H24N4O. The van der Waals surface area contributed by atoms with Crippen LogP contribution in [-0.2, 0) is 13.0 Å². The van der Waals surface area contributed by atoms with Crippen LogP contribution in [0, 0.1) is 0 Å². The number of carbonyl (C=O) groups is 1. The number of anilines is 1. The third-order valence-electron chi connectivity index (χ3n) is 5.81. The zero-order valence-electron chi connectivity index (χ0n) is 16.4. The molecule has 3 aromatic rings. The monoisotopic (exact) mass is 384 g/mol. The van der Waals surface area contributed by atoms with Gasteiger partial charge in [0, 0.05) is 37.8 Å². The normalized spacial score (nSPS) is 16.0. The average molecular weight is 384 g/mol. The lowest BCUT2D eigenvalue weighted by Gasteiger charge is -2.29. The summed E-state index contributed by atoms with van der Waals surface area (Å²) < 4.78 is 0. The number of amides is 1. The molecule has 2 aromatic carbocycles. The molecular weight excluding hydrogens is 360 g/mol. The van der Waals surface area contributed by atoms with Gasteiger partial charge in [0.05, 0.1) is 0 Å². The summed E-state index contributed by atoms with van der Waals surface area (Å²) in [5, 5.41) is 0. The molecule has 2 aliphatic rings. The van der Waals surface area contributed by atoms with Crippen molar-refractivity contribution < 1.29 is 4.79 Å². The van der Waals surface area contributed by atoms with Crippen molar-refractivity contribution in [2.24, 2.45) is 0 Å². The number of nitrogens with zero attached hydrogens (tertiary/aromatic N) is 4. The van der Waals surface area contributed by atoms with Gasteiger partial charge >= 0.3 is 0 Å². The Kier molecular flexibility index (Phi) is 4.72.